The minimum absolute atomic E-state index is 0.181. The molecule has 3 fully saturated rings. The minimum atomic E-state index is -0.200. The van der Waals surface area contributed by atoms with Crippen LogP contribution in [0.5, 0.6) is 5.75 Å². The summed E-state index contributed by atoms with van der Waals surface area (Å²) in [5.41, 5.74) is 2.83. The van der Waals surface area contributed by atoms with Crippen molar-refractivity contribution < 1.29 is 14.3 Å². The summed E-state index contributed by atoms with van der Waals surface area (Å²) in [6, 6.07) is 19.5. The minimum Gasteiger partial charge on any atom is -0.492 e. The van der Waals surface area contributed by atoms with Gasteiger partial charge >= 0.3 is 0 Å². The maximum absolute atomic E-state index is 12.5. The van der Waals surface area contributed by atoms with Crippen LogP contribution in [-0.2, 0) is 22.5 Å². The Bertz CT molecular complexity index is 930. The molecular weight excluding hydrogens is 450 g/mol. The third kappa shape index (κ3) is 7.09. The Morgan fingerprint density at radius 2 is 1.58 bits per heavy atom. The van der Waals surface area contributed by atoms with Crippen LogP contribution in [0.15, 0.2) is 54.6 Å². The highest BCUT2D eigenvalue weighted by Crippen LogP contribution is 2.23. The Hall–Kier alpha value is -2.41. The van der Waals surface area contributed by atoms with Crippen molar-refractivity contribution >= 4 is 5.91 Å². The van der Waals surface area contributed by atoms with Gasteiger partial charge in [0.25, 0.3) is 5.91 Å². The molecule has 0 unspecified atom stereocenters. The van der Waals surface area contributed by atoms with Crippen molar-refractivity contribution in [2.45, 2.75) is 44.8 Å². The van der Waals surface area contributed by atoms with Crippen LogP contribution >= 0.6 is 0 Å². The summed E-state index contributed by atoms with van der Waals surface area (Å²) in [6.07, 6.45) is 5.46. The van der Waals surface area contributed by atoms with Gasteiger partial charge in [-0.15, -0.1) is 0 Å². The number of piperidine rings is 1. The van der Waals surface area contributed by atoms with Crippen LogP contribution in [0, 0.1) is 5.92 Å². The van der Waals surface area contributed by atoms with Crippen molar-refractivity contribution in [3.05, 3.63) is 65.7 Å². The number of benzene rings is 2. The molecule has 3 aliphatic rings. The van der Waals surface area contributed by atoms with Crippen molar-refractivity contribution in [3.8, 4) is 5.75 Å². The molecule has 2 aromatic rings. The molecule has 1 atom stereocenters. The van der Waals surface area contributed by atoms with Crippen LogP contribution in [0.4, 0.5) is 0 Å². The average molecular weight is 492 g/mol. The fourth-order valence-electron chi connectivity index (χ4n) is 5.71. The molecule has 0 saturated carbocycles. The van der Waals surface area contributed by atoms with E-state index < -0.39 is 0 Å². The molecule has 194 valence electrons. The van der Waals surface area contributed by atoms with Gasteiger partial charge in [-0.2, -0.15) is 0 Å². The molecule has 6 heteroatoms. The van der Waals surface area contributed by atoms with E-state index in [1.54, 1.807) is 0 Å². The first-order valence-electron chi connectivity index (χ1n) is 13.8. The zero-order chi connectivity index (χ0) is 24.6. The maximum atomic E-state index is 12.5. The molecule has 3 saturated heterocycles. The van der Waals surface area contributed by atoms with E-state index in [1.165, 1.54) is 43.5 Å². The first-order valence-corrected chi connectivity index (χ1v) is 13.8. The van der Waals surface area contributed by atoms with Gasteiger partial charge in [-0.05, 0) is 74.4 Å². The van der Waals surface area contributed by atoms with Gasteiger partial charge in [0.1, 0.15) is 18.5 Å². The monoisotopic (exact) mass is 491 g/mol. The van der Waals surface area contributed by atoms with Crippen LogP contribution < -0.4 is 4.74 Å². The Labute approximate surface area is 216 Å². The molecule has 3 aliphatic heterocycles. The summed E-state index contributed by atoms with van der Waals surface area (Å²) >= 11 is 0. The predicted molar refractivity (Wildman–Crippen MR) is 142 cm³/mol. The van der Waals surface area contributed by atoms with Crippen molar-refractivity contribution in [2.24, 2.45) is 5.92 Å². The Morgan fingerprint density at radius 1 is 0.833 bits per heavy atom. The van der Waals surface area contributed by atoms with E-state index in [-0.39, 0.29) is 12.0 Å². The molecule has 6 nitrogen and oxygen atoms in total. The molecule has 0 radical (unpaired) electrons. The van der Waals surface area contributed by atoms with Gasteiger partial charge in [0, 0.05) is 45.9 Å². The van der Waals surface area contributed by atoms with Gasteiger partial charge in [-0.25, -0.2) is 0 Å². The van der Waals surface area contributed by atoms with Crippen LogP contribution in [0.1, 0.15) is 36.8 Å². The second-order valence-electron chi connectivity index (χ2n) is 10.6. The summed E-state index contributed by atoms with van der Waals surface area (Å²) < 4.78 is 11.6. The van der Waals surface area contributed by atoms with Crippen molar-refractivity contribution in [2.75, 3.05) is 59.0 Å². The van der Waals surface area contributed by atoms with Crippen molar-refractivity contribution in [1.82, 2.24) is 14.7 Å². The lowest BCUT2D eigenvalue weighted by Crippen LogP contribution is -2.52. The van der Waals surface area contributed by atoms with E-state index in [0.29, 0.717) is 6.61 Å². The first-order chi connectivity index (χ1) is 17.7. The van der Waals surface area contributed by atoms with Gasteiger partial charge in [0.15, 0.2) is 0 Å². The third-order valence-electron chi connectivity index (χ3n) is 7.97. The summed E-state index contributed by atoms with van der Waals surface area (Å²) in [5.74, 6) is 1.93. The molecular formula is C30H41N3O3. The molecule has 2 aromatic carbocycles. The topological polar surface area (TPSA) is 45.3 Å². The lowest BCUT2D eigenvalue weighted by molar-refractivity contribution is -0.142. The summed E-state index contributed by atoms with van der Waals surface area (Å²) in [6.45, 7) is 9.06. The summed E-state index contributed by atoms with van der Waals surface area (Å²) in [5, 5.41) is 0. The number of hydrogen-bond donors (Lipinski definition) is 0. The number of rotatable bonds is 9. The highest BCUT2D eigenvalue weighted by molar-refractivity contribution is 5.81. The smallest absolute Gasteiger partial charge is 0.251 e. The number of ether oxygens (including phenoxy) is 2. The van der Waals surface area contributed by atoms with Crippen LogP contribution in [0.25, 0.3) is 0 Å². The highest BCUT2D eigenvalue weighted by Gasteiger charge is 2.30. The van der Waals surface area contributed by atoms with Gasteiger partial charge < -0.3 is 14.4 Å². The molecule has 3 heterocycles. The molecule has 0 N–H and O–H groups in total. The van der Waals surface area contributed by atoms with Gasteiger partial charge in [-0.3, -0.25) is 14.6 Å². The van der Waals surface area contributed by atoms with Crippen molar-refractivity contribution in [3.63, 3.8) is 0 Å². The number of piperazine rings is 1. The molecule has 36 heavy (non-hydrogen) atoms. The van der Waals surface area contributed by atoms with E-state index in [2.05, 4.69) is 64.4 Å². The number of nitrogens with zero attached hydrogens (tertiary/aromatic N) is 3. The fourth-order valence-corrected chi connectivity index (χ4v) is 5.71. The fraction of sp³-hybridized carbons (Fsp3) is 0.567. The number of carbonyl (C=O) groups excluding carboxylic acids is 1. The first kappa shape index (κ1) is 25.2. The molecule has 5 rings (SSSR count). The lowest BCUT2D eigenvalue weighted by atomic mass is 9.90. The van der Waals surface area contributed by atoms with E-state index in [0.717, 1.165) is 70.4 Å². The van der Waals surface area contributed by atoms with Crippen LogP contribution in [-0.4, -0.2) is 85.7 Å². The molecule has 0 spiro atoms. The van der Waals surface area contributed by atoms with E-state index in [1.807, 2.05) is 4.90 Å². The number of carbonyl (C=O) groups is 1. The van der Waals surface area contributed by atoms with Gasteiger partial charge in [0.05, 0.1) is 0 Å². The number of likely N-dealkylation sites (tertiary alicyclic amines) is 1. The third-order valence-corrected chi connectivity index (χ3v) is 7.97. The van der Waals surface area contributed by atoms with E-state index >= 15 is 0 Å². The normalized spacial score (nSPS) is 22.1. The Balaban J connectivity index is 0.966. The van der Waals surface area contributed by atoms with Crippen molar-refractivity contribution in [1.29, 1.82) is 0 Å². The van der Waals surface area contributed by atoms with Crippen LogP contribution in [0.3, 0.4) is 0 Å². The highest BCUT2D eigenvalue weighted by atomic mass is 16.5. The zero-order valence-corrected chi connectivity index (χ0v) is 21.5. The van der Waals surface area contributed by atoms with Crippen LogP contribution in [0.2, 0.25) is 0 Å². The molecule has 0 bridgehead atoms. The number of amides is 1. The van der Waals surface area contributed by atoms with Gasteiger partial charge in [-0.1, -0.05) is 42.5 Å². The quantitative estimate of drug-likeness (QED) is 0.533. The lowest BCUT2D eigenvalue weighted by Gasteiger charge is -2.35. The summed E-state index contributed by atoms with van der Waals surface area (Å²) in [4.78, 5) is 19.4. The second-order valence-corrected chi connectivity index (χ2v) is 10.6. The molecule has 0 aliphatic carbocycles. The maximum Gasteiger partial charge on any atom is 0.251 e. The zero-order valence-electron chi connectivity index (χ0n) is 21.5. The van der Waals surface area contributed by atoms with Gasteiger partial charge in [0.2, 0.25) is 0 Å². The summed E-state index contributed by atoms with van der Waals surface area (Å²) in [7, 11) is 0. The standard InChI is InChI=1S/C30H41N3O3/c34-30(29-7-4-21-36-29)33-18-16-31(17-19-33)20-22-35-28-10-8-27(9-11-28)24-32-14-12-26(13-15-32)23-25-5-2-1-3-6-25/h1-3,5-6,8-11,26,29H,4,7,12-24H2/t29-/m0/s1. The SMILES string of the molecule is O=C([C@@H]1CCCO1)N1CCN(CCOc2ccc(CN3CCC(Cc4ccccc4)CC3)cc2)CC1. The molecule has 1 amide bonds. The number of hydrogen-bond acceptors (Lipinski definition) is 5. The Kier molecular flexibility index (Phi) is 8.91. The predicted octanol–water partition coefficient (Wildman–Crippen LogP) is 3.84. The largest absolute Gasteiger partial charge is 0.492 e. The van der Waals surface area contributed by atoms with E-state index in [9.17, 15) is 4.79 Å². The Morgan fingerprint density at radius 3 is 2.28 bits per heavy atom. The molecule has 0 aromatic heterocycles. The van der Waals surface area contributed by atoms with E-state index in [4.69, 9.17) is 9.47 Å². The second kappa shape index (κ2) is 12.7. The average Bonchev–Trinajstić information content (AvgIpc) is 3.47.